The van der Waals surface area contributed by atoms with Gasteiger partial charge in [-0.15, -0.1) is 0 Å². The minimum Gasteiger partial charge on any atom is -0.378 e. The molecule has 1 saturated heterocycles. The minimum atomic E-state index is 0.317. The molecule has 0 amide bonds. The number of anilines is 2. The van der Waals surface area contributed by atoms with Crippen LogP contribution in [-0.4, -0.2) is 29.2 Å². The molecule has 1 aliphatic heterocycles. The molecule has 4 N–H and O–H groups in total. The van der Waals surface area contributed by atoms with Crippen LogP contribution in [0.4, 0.5) is 11.6 Å². The molecule has 100 valence electrons. The normalized spacial score (nSPS) is 23.1. The first-order chi connectivity index (χ1) is 8.72. The molecule has 0 aliphatic carbocycles. The number of aromatic nitrogens is 2. The summed E-state index contributed by atoms with van der Waals surface area (Å²) in [5.74, 6) is 8.17. The average Bonchev–Trinajstić information content (AvgIpc) is 2.81. The number of hydrazine groups is 1. The van der Waals surface area contributed by atoms with Gasteiger partial charge in [0.2, 0.25) is 0 Å². The standard InChI is InChI=1S/C12H21N5O/c1-3-10-15-11(6-12(16-10)17-13)14-7-9-4-5-18-8(9)2/h6,8-9H,3-5,7,13H2,1-2H3,(H2,14,15,16,17). The number of rotatable bonds is 5. The zero-order valence-electron chi connectivity index (χ0n) is 10.9. The second-order valence-corrected chi connectivity index (χ2v) is 4.56. The molecule has 2 atom stereocenters. The van der Waals surface area contributed by atoms with E-state index in [1.807, 2.05) is 13.0 Å². The number of hydrogen-bond donors (Lipinski definition) is 3. The van der Waals surface area contributed by atoms with E-state index < -0.39 is 0 Å². The Morgan fingerprint density at radius 1 is 1.44 bits per heavy atom. The van der Waals surface area contributed by atoms with Crippen molar-refractivity contribution in [1.29, 1.82) is 0 Å². The Morgan fingerprint density at radius 3 is 2.83 bits per heavy atom. The van der Waals surface area contributed by atoms with Gasteiger partial charge < -0.3 is 15.5 Å². The predicted octanol–water partition coefficient (Wildman–Crippen LogP) is 1.16. The van der Waals surface area contributed by atoms with Crippen molar-refractivity contribution in [2.75, 3.05) is 23.9 Å². The highest BCUT2D eigenvalue weighted by molar-refractivity contribution is 5.46. The van der Waals surface area contributed by atoms with E-state index in [1.54, 1.807) is 0 Å². The molecule has 0 aromatic carbocycles. The summed E-state index contributed by atoms with van der Waals surface area (Å²) in [6.45, 7) is 5.86. The van der Waals surface area contributed by atoms with Crippen molar-refractivity contribution in [3.63, 3.8) is 0 Å². The Labute approximate surface area is 107 Å². The summed E-state index contributed by atoms with van der Waals surface area (Å²) < 4.78 is 5.54. The fraction of sp³-hybridized carbons (Fsp3) is 0.667. The zero-order chi connectivity index (χ0) is 13.0. The largest absolute Gasteiger partial charge is 0.378 e. The molecule has 0 bridgehead atoms. The molecule has 1 aliphatic rings. The predicted molar refractivity (Wildman–Crippen MR) is 71.2 cm³/mol. The molecule has 18 heavy (non-hydrogen) atoms. The van der Waals surface area contributed by atoms with Crippen molar-refractivity contribution in [2.24, 2.45) is 11.8 Å². The molecular formula is C12H21N5O. The zero-order valence-corrected chi connectivity index (χ0v) is 10.9. The van der Waals surface area contributed by atoms with Crippen LogP contribution in [-0.2, 0) is 11.2 Å². The third-order valence-corrected chi connectivity index (χ3v) is 3.32. The lowest BCUT2D eigenvalue weighted by molar-refractivity contribution is 0.108. The van der Waals surface area contributed by atoms with Gasteiger partial charge in [0.15, 0.2) is 0 Å². The van der Waals surface area contributed by atoms with E-state index in [0.29, 0.717) is 17.8 Å². The van der Waals surface area contributed by atoms with Gasteiger partial charge in [-0.2, -0.15) is 0 Å². The van der Waals surface area contributed by atoms with Crippen LogP contribution in [0.1, 0.15) is 26.1 Å². The van der Waals surface area contributed by atoms with Gasteiger partial charge in [0.05, 0.1) is 6.10 Å². The SMILES string of the molecule is CCc1nc(NN)cc(NCC2CCOC2C)n1. The summed E-state index contributed by atoms with van der Waals surface area (Å²) in [5.41, 5.74) is 2.56. The Bertz CT molecular complexity index is 376. The van der Waals surface area contributed by atoms with Gasteiger partial charge in [-0.25, -0.2) is 15.8 Å². The first kappa shape index (κ1) is 13.0. The number of hydrogen-bond acceptors (Lipinski definition) is 6. The third-order valence-electron chi connectivity index (χ3n) is 3.32. The minimum absolute atomic E-state index is 0.317. The van der Waals surface area contributed by atoms with Crippen LogP contribution in [0.15, 0.2) is 6.07 Å². The maximum atomic E-state index is 5.54. The lowest BCUT2D eigenvalue weighted by Crippen LogP contribution is -2.21. The second kappa shape index (κ2) is 5.97. The van der Waals surface area contributed by atoms with Crippen LogP contribution in [0.25, 0.3) is 0 Å². The summed E-state index contributed by atoms with van der Waals surface area (Å²) in [6.07, 6.45) is 2.20. The Kier molecular flexibility index (Phi) is 4.33. The number of nitrogens with two attached hydrogens (primary N) is 1. The molecule has 1 fully saturated rings. The van der Waals surface area contributed by atoms with E-state index >= 15 is 0 Å². The van der Waals surface area contributed by atoms with E-state index in [4.69, 9.17) is 10.6 Å². The van der Waals surface area contributed by atoms with Crippen molar-refractivity contribution in [2.45, 2.75) is 32.8 Å². The highest BCUT2D eigenvalue weighted by atomic mass is 16.5. The Hall–Kier alpha value is -1.40. The van der Waals surface area contributed by atoms with Crippen molar-refractivity contribution >= 4 is 11.6 Å². The molecule has 0 saturated carbocycles. The molecule has 1 aromatic rings. The molecule has 6 heteroatoms. The van der Waals surface area contributed by atoms with E-state index in [-0.39, 0.29) is 0 Å². The van der Waals surface area contributed by atoms with Gasteiger partial charge in [0, 0.05) is 31.6 Å². The maximum absolute atomic E-state index is 5.54. The van der Waals surface area contributed by atoms with Crippen LogP contribution in [0.5, 0.6) is 0 Å². The van der Waals surface area contributed by atoms with E-state index in [1.165, 1.54) is 0 Å². The molecule has 6 nitrogen and oxygen atoms in total. The van der Waals surface area contributed by atoms with Crippen LogP contribution >= 0.6 is 0 Å². The second-order valence-electron chi connectivity index (χ2n) is 4.56. The van der Waals surface area contributed by atoms with E-state index in [2.05, 4.69) is 27.6 Å². The molecule has 2 heterocycles. The number of ether oxygens (including phenoxy) is 1. The molecular weight excluding hydrogens is 230 g/mol. The fourth-order valence-electron chi connectivity index (χ4n) is 2.10. The quantitative estimate of drug-likeness (QED) is 0.538. The van der Waals surface area contributed by atoms with Crippen molar-refractivity contribution in [3.8, 4) is 0 Å². The van der Waals surface area contributed by atoms with Gasteiger partial charge in [-0.3, -0.25) is 0 Å². The summed E-state index contributed by atoms with van der Waals surface area (Å²) in [4.78, 5) is 8.68. The van der Waals surface area contributed by atoms with Crippen molar-refractivity contribution in [1.82, 2.24) is 9.97 Å². The third kappa shape index (κ3) is 3.08. The number of aryl methyl sites for hydroxylation is 1. The first-order valence-corrected chi connectivity index (χ1v) is 6.43. The van der Waals surface area contributed by atoms with Crippen LogP contribution in [0.2, 0.25) is 0 Å². The molecule has 2 rings (SSSR count). The van der Waals surface area contributed by atoms with Crippen molar-refractivity contribution < 1.29 is 4.74 Å². The van der Waals surface area contributed by atoms with Crippen LogP contribution in [0.3, 0.4) is 0 Å². The van der Waals surface area contributed by atoms with Crippen molar-refractivity contribution in [3.05, 3.63) is 11.9 Å². The number of nitrogen functional groups attached to an aromatic ring is 1. The van der Waals surface area contributed by atoms with Gasteiger partial charge in [-0.05, 0) is 13.3 Å². The molecule has 1 aromatic heterocycles. The number of nitrogens with one attached hydrogen (secondary N) is 2. The fourth-order valence-corrected chi connectivity index (χ4v) is 2.10. The lowest BCUT2D eigenvalue weighted by atomic mass is 10.0. The average molecular weight is 251 g/mol. The molecule has 0 radical (unpaired) electrons. The smallest absolute Gasteiger partial charge is 0.145 e. The first-order valence-electron chi connectivity index (χ1n) is 6.43. The van der Waals surface area contributed by atoms with Gasteiger partial charge in [0.25, 0.3) is 0 Å². The summed E-state index contributed by atoms with van der Waals surface area (Å²) in [5, 5.41) is 3.34. The van der Waals surface area contributed by atoms with Gasteiger partial charge >= 0.3 is 0 Å². The molecule has 0 spiro atoms. The Balaban J connectivity index is 1.99. The van der Waals surface area contributed by atoms with E-state index in [0.717, 1.165) is 37.6 Å². The lowest BCUT2D eigenvalue weighted by Gasteiger charge is -2.15. The van der Waals surface area contributed by atoms with Crippen LogP contribution in [0, 0.1) is 5.92 Å². The summed E-state index contributed by atoms with van der Waals surface area (Å²) in [7, 11) is 0. The molecule has 2 unspecified atom stereocenters. The van der Waals surface area contributed by atoms with E-state index in [9.17, 15) is 0 Å². The van der Waals surface area contributed by atoms with Crippen LogP contribution < -0.4 is 16.6 Å². The highest BCUT2D eigenvalue weighted by Crippen LogP contribution is 2.21. The number of nitrogens with zero attached hydrogens (tertiary/aromatic N) is 2. The van der Waals surface area contributed by atoms with Gasteiger partial charge in [-0.1, -0.05) is 6.92 Å². The van der Waals surface area contributed by atoms with Gasteiger partial charge in [0.1, 0.15) is 17.5 Å². The Morgan fingerprint density at radius 2 is 2.22 bits per heavy atom. The highest BCUT2D eigenvalue weighted by Gasteiger charge is 2.23. The monoisotopic (exact) mass is 251 g/mol. The summed E-state index contributed by atoms with van der Waals surface area (Å²) in [6, 6.07) is 1.82. The summed E-state index contributed by atoms with van der Waals surface area (Å²) >= 11 is 0. The topological polar surface area (TPSA) is 85.1 Å². The maximum Gasteiger partial charge on any atom is 0.145 e.